The summed E-state index contributed by atoms with van der Waals surface area (Å²) in [5.41, 5.74) is 2.03. The Balaban J connectivity index is 1.38. The van der Waals surface area contributed by atoms with Crippen molar-refractivity contribution in [1.29, 1.82) is 0 Å². The van der Waals surface area contributed by atoms with E-state index >= 15 is 0 Å². The summed E-state index contributed by atoms with van der Waals surface area (Å²) in [6, 6.07) is 4.57. The first-order chi connectivity index (χ1) is 24.9. The number of carbonyl (C=O) groups excluding carboxylic acids is 1. The molecule has 0 bridgehead atoms. The number of aromatic nitrogens is 3. The Hall–Kier alpha value is -4.82. The van der Waals surface area contributed by atoms with Crippen molar-refractivity contribution in [1.82, 2.24) is 23.7 Å². The predicted molar refractivity (Wildman–Crippen MR) is 186 cm³/mol. The van der Waals surface area contributed by atoms with Gasteiger partial charge >= 0.3 is 5.97 Å². The predicted octanol–water partition coefficient (Wildman–Crippen LogP) is 2.96. The van der Waals surface area contributed by atoms with E-state index in [0.717, 1.165) is 24.8 Å². The molecule has 1 fully saturated rings. The highest BCUT2D eigenvalue weighted by molar-refractivity contribution is 7.89. The van der Waals surface area contributed by atoms with Crippen LogP contribution in [0, 0.1) is 20.2 Å². The Kier molecular flexibility index (Phi) is 14.3. The molecule has 0 radical (unpaired) electrons. The van der Waals surface area contributed by atoms with Crippen LogP contribution in [0.5, 0.6) is 5.75 Å². The Morgan fingerprint density at radius 1 is 1.06 bits per heavy atom. The average Bonchev–Trinajstić information content (AvgIpc) is 3.47. The van der Waals surface area contributed by atoms with E-state index in [1.54, 1.807) is 6.07 Å². The lowest BCUT2D eigenvalue weighted by molar-refractivity contribution is -0.790. The van der Waals surface area contributed by atoms with Crippen LogP contribution in [-0.4, -0.2) is 107 Å². The van der Waals surface area contributed by atoms with Crippen LogP contribution >= 0.6 is 0 Å². The maximum Gasteiger partial charge on any atom is 0.305 e. The Morgan fingerprint density at radius 3 is 2.46 bits per heavy atom. The van der Waals surface area contributed by atoms with Gasteiger partial charge in [-0.15, -0.1) is 20.2 Å². The molecular formula is C32H45N7O12S. The second kappa shape index (κ2) is 18.6. The maximum atomic E-state index is 13.9. The van der Waals surface area contributed by atoms with Gasteiger partial charge in [0, 0.05) is 51.9 Å². The van der Waals surface area contributed by atoms with E-state index in [4.69, 9.17) is 14.5 Å². The number of hydrogen-bond donors (Lipinski definition) is 1. The molecule has 0 aliphatic carbocycles. The Bertz CT molecular complexity index is 1870. The lowest BCUT2D eigenvalue weighted by atomic mass is 10.1. The quantitative estimate of drug-likeness (QED) is 0.0937. The summed E-state index contributed by atoms with van der Waals surface area (Å²) in [4.78, 5) is 64.6. The molecule has 1 N–H and O–H groups in total. The number of nitrogens with zero attached hydrogens (tertiary/aromatic N) is 6. The number of fused-ring (bicyclic) bond motifs is 1. The standard InChI is InChI=1S/C32H45N7O12S/c1-4-8-23-21-36(6-3)30-29(23)33-31(34-32(30)41)26-20-25(11-12-27(26)48-18-5-2)52(46,47)37-15-13-35(14-16-37)17-19-49-28(40)10-7-9-24(51-39(44)45)22-50-38(42)43/h11-12,20-21,24H,4-10,13-19,22H2,1-3H3,(H,33,34,41). The van der Waals surface area contributed by atoms with Crippen LogP contribution < -0.4 is 10.3 Å². The molecule has 3 heterocycles. The van der Waals surface area contributed by atoms with Crippen molar-refractivity contribution in [2.45, 2.75) is 76.8 Å². The summed E-state index contributed by atoms with van der Waals surface area (Å²) in [5, 5.41) is 18.8. The fourth-order valence-electron chi connectivity index (χ4n) is 5.90. The lowest BCUT2D eigenvalue weighted by Crippen LogP contribution is -2.49. The van der Waals surface area contributed by atoms with Gasteiger partial charge in [-0.05, 0) is 56.4 Å². The average molecular weight is 752 g/mol. The molecule has 0 spiro atoms. The minimum absolute atomic E-state index is 0.0344. The Morgan fingerprint density at radius 2 is 1.81 bits per heavy atom. The Labute approximate surface area is 300 Å². The van der Waals surface area contributed by atoms with Gasteiger partial charge < -0.3 is 28.7 Å². The van der Waals surface area contributed by atoms with E-state index in [2.05, 4.69) is 14.7 Å². The van der Waals surface area contributed by atoms with Gasteiger partial charge in [0.25, 0.3) is 15.7 Å². The fraction of sp³-hybridized carbons (Fsp3) is 0.594. The normalized spacial score (nSPS) is 14.6. The van der Waals surface area contributed by atoms with Crippen molar-refractivity contribution in [3.63, 3.8) is 0 Å². The zero-order chi connectivity index (χ0) is 37.8. The first-order valence-electron chi connectivity index (χ1n) is 17.2. The molecule has 20 heteroatoms. The van der Waals surface area contributed by atoms with Crippen LogP contribution in [0.15, 0.2) is 34.1 Å². The molecule has 286 valence electrons. The van der Waals surface area contributed by atoms with Crippen molar-refractivity contribution in [2.24, 2.45) is 0 Å². The smallest absolute Gasteiger partial charge is 0.305 e. The molecule has 19 nitrogen and oxygen atoms in total. The van der Waals surface area contributed by atoms with Crippen molar-refractivity contribution in [3.05, 3.63) is 60.5 Å². The summed E-state index contributed by atoms with van der Waals surface area (Å²) in [6.45, 7) is 7.85. The van der Waals surface area contributed by atoms with E-state index in [1.165, 1.54) is 16.4 Å². The summed E-state index contributed by atoms with van der Waals surface area (Å²) in [7, 11) is -3.95. The van der Waals surface area contributed by atoms with Crippen LogP contribution in [0.2, 0.25) is 0 Å². The zero-order valence-corrected chi connectivity index (χ0v) is 30.3. The van der Waals surface area contributed by atoms with E-state index in [1.807, 2.05) is 36.4 Å². The largest absolute Gasteiger partial charge is 0.493 e. The van der Waals surface area contributed by atoms with Gasteiger partial charge in [-0.2, -0.15) is 4.31 Å². The highest BCUT2D eigenvalue weighted by Crippen LogP contribution is 2.33. The molecule has 1 aromatic carbocycles. The number of carbonyl (C=O) groups is 1. The fourth-order valence-corrected chi connectivity index (χ4v) is 7.35. The van der Waals surface area contributed by atoms with Crippen LogP contribution in [0.3, 0.4) is 0 Å². The third-order valence-electron chi connectivity index (χ3n) is 8.47. The van der Waals surface area contributed by atoms with Gasteiger partial charge in [-0.1, -0.05) is 20.3 Å². The van der Waals surface area contributed by atoms with E-state index in [-0.39, 0.29) is 55.2 Å². The molecular weight excluding hydrogens is 706 g/mol. The molecule has 1 aliphatic rings. The summed E-state index contributed by atoms with van der Waals surface area (Å²) >= 11 is 0. The second-order valence-corrected chi connectivity index (χ2v) is 14.1. The summed E-state index contributed by atoms with van der Waals surface area (Å²) in [6.07, 6.45) is 3.05. The number of H-pyrrole nitrogens is 1. The van der Waals surface area contributed by atoms with Gasteiger partial charge in [0.15, 0.2) is 0 Å². The van der Waals surface area contributed by atoms with Crippen LogP contribution in [-0.2, 0) is 42.2 Å². The monoisotopic (exact) mass is 751 g/mol. The molecule has 1 saturated heterocycles. The molecule has 0 amide bonds. The van der Waals surface area contributed by atoms with Crippen LogP contribution in [0.25, 0.3) is 22.4 Å². The lowest BCUT2D eigenvalue weighted by Gasteiger charge is -2.33. The molecule has 2 aromatic heterocycles. The van der Waals surface area contributed by atoms with Crippen LogP contribution in [0.4, 0.5) is 0 Å². The maximum absolute atomic E-state index is 13.9. The molecule has 1 unspecified atom stereocenters. The topological polar surface area (TPSA) is 232 Å². The molecule has 0 saturated carbocycles. The van der Waals surface area contributed by atoms with Gasteiger partial charge in [-0.3, -0.25) is 14.5 Å². The number of aryl methyl sites for hydroxylation is 2. The zero-order valence-electron chi connectivity index (χ0n) is 29.5. The van der Waals surface area contributed by atoms with Gasteiger partial charge in [0.05, 0.1) is 22.6 Å². The molecule has 52 heavy (non-hydrogen) atoms. The SMILES string of the molecule is CCCOc1ccc(S(=O)(=O)N2CCN(CCOC(=O)CCCC(CO[N+](=O)[O-])O[N+](=O)[O-])CC2)cc1-c1nc2c(CCC)cn(CC)c2c(=O)[nH]1. The molecule has 4 rings (SSSR count). The molecule has 3 aromatic rings. The third-order valence-corrected chi connectivity index (χ3v) is 10.4. The minimum atomic E-state index is -3.95. The van der Waals surface area contributed by atoms with E-state index < -0.39 is 38.9 Å². The molecule has 1 atom stereocenters. The van der Waals surface area contributed by atoms with Gasteiger partial charge in [-0.25, -0.2) is 13.4 Å². The number of esters is 1. The number of aromatic amines is 1. The summed E-state index contributed by atoms with van der Waals surface area (Å²) in [5.74, 6) is 0.0703. The summed E-state index contributed by atoms with van der Waals surface area (Å²) < 4.78 is 42.2. The van der Waals surface area contributed by atoms with Crippen molar-refractivity contribution in [2.75, 3.05) is 52.5 Å². The highest BCUT2D eigenvalue weighted by atomic mass is 32.2. The number of piperazine rings is 1. The van der Waals surface area contributed by atoms with E-state index in [0.29, 0.717) is 55.1 Å². The number of hydrogen-bond acceptors (Lipinski definition) is 14. The number of rotatable bonds is 21. The number of benzene rings is 1. The van der Waals surface area contributed by atoms with Crippen molar-refractivity contribution < 1.29 is 42.5 Å². The molecule has 1 aliphatic heterocycles. The number of ether oxygens (including phenoxy) is 2. The number of nitrogens with one attached hydrogen (secondary N) is 1. The van der Waals surface area contributed by atoms with Gasteiger partial charge in [0.1, 0.15) is 36.4 Å². The van der Waals surface area contributed by atoms with Gasteiger partial charge in [0.2, 0.25) is 10.0 Å². The van der Waals surface area contributed by atoms with Crippen molar-refractivity contribution in [3.8, 4) is 17.1 Å². The minimum Gasteiger partial charge on any atom is -0.493 e. The first kappa shape index (κ1) is 40.0. The number of sulfonamides is 1. The third kappa shape index (κ3) is 10.4. The second-order valence-electron chi connectivity index (χ2n) is 12.1. The van der Waals surface area contributed by atoms with E-state index in [9.17, 15) is 38.2 Å². The first-order valence-corrected chi connectivity index (χ1v) is 18.7. The highest BCUT2D eigenvalue weighted by Gasteiger charge is 2.30. The van der Waals surface area contributed by atoms with Crippen LogP contribution in [0.1, 0.15) is 58.4 Å². The van der Waals surface area contributed by atoms with Crippen molar-refractivity contribution >= 4 is 27.0 Å².